The van der Waals surface area contributed by atoms with E-state index in [2.05, 4.69) is 32.9 Å². The molecule has 0 fully saturated rings. The SMILES string of the molecule is Cc1ccc2c(c1C)OC(C)CC2. The van der Waals surface area contributed by atoms with Gasteiger partial charge in [-0.05, 0) is 50.3 Å². The largest absolute Gasteiger partial charge is 0.490 e. The van der Waals surface area contributed by atoms with Gasteiger partial charge in [-0.2, -0.15) is 0 Å². The molecule has 1 atom stereocenters. The Morgan fingerprint density at radius 1 is 1.31 bits per heavy atom. The van der Waals surface area contributed by atoms with Crippen molar-refractivity contribution in [3.8, 4) is 5.75 Å². The van der Waals surface area contributed by atoms with Gasteiger partial charge in [-0.25, -0.2) is 0 Å². The van der Waals surface area contributed by atoms with Crippen LogP contribution in [0.3, 0.4) is 0 Å². The monoisotopic (exact) mass is 176 g/mol. The zero-order chi connectivity index (χ0) is 9.42. The lowest BCUT2D eigenvalue weighted by Gasteiger charge is -2.25. The predicted molar refractivity (Wildman–Crippen MR) is 54.3 cm³/mol. The molecule has 70 valence electrons. The topological polar surface area (TPSA) is 9.23 Å². The molecule has 0 saturated carbocycles. The molecule has 0 radical (unpaired) electrons. The zero-order valence-electron chi connectivity index (χ0n) is 8.55. The highest BCUT2D eigenvalue weighted by Gasteiger charge is 2.18. The molecular weight excluding hydrogens is 160 g/mol. The summed E-state index contributed by atoms with van der Waals surface area (Å²) in [4.78, 5) is 0. The number of fused-ring (bicyclic) bond motifs is 1. The van der Waals surface area contributed by atoms with Crippen molar-refractivity contribution >= 4 is 0 Å². The fourth-order valence-corrected chi connectivity index (χ4v) is 1.83. The van der Waals surface area contributed by atoms with E-state index in [0.29, 0.717) is 6.10 Å². The minimum atomic E-state index is 0.382. The van der Waals surface area contributed by atoms with Crippen molar-refractivity contribution in [1.29, 1.82) is 0 Å². The molecule has 1 heterocycles. The van der Waals surface area contributed by atoms with Crippen molar-refractivity contribution in [2.24, 2.45) is 0 Å². The number of hydrogen-bond donors (Lipinski definition) is 0. The van der Waals surface area contributed by atoms with E-state index in [1.807, 2.05) is 0 Å². The van der Waals surface area contributed by atoms with Crippen LogP contribution in [0.2, 0.25) is 0 Å². The minimum Gasteiger partial charge on any atom is -0.490 e. The molecule has 0 N–H and O–H groups in total. The Morgan fingerprint density at radius 3 is 2.85 bits per heavy atom. The normalized spacial score (nSPS) is 20.7. The molecule has 1 aliphatic heterocycles. The maximum absolute atomic E-state index is 5.84. The van der Waals surface area contributed by atoms with Crippen molar-refractivity contribution in [3.05, 3.63) is 28.8 Å². The molecule has 0 spiro atoms. The summed E-state index contributed by atoms with van der Waals surface area (Å²) in [6, 6.07) is 4.39. The second kappa shape index (κ2) is 3.06. The summed E-state index contributed by atoms with van der Waals surface area (Å²) < 4.78 is 5.84. The Bertz CT molecular complexity index is 328. The molecule has 0 aromatic heterocycles. The van der Waals surface area contributed by atoms with Gasteiger partial charge in [-0.1, -0.05) is 12.1 Å². The summed E-state index contributed by atoms with van der Waals surface area (Å²) in [7, 11) is 0. The summed E-state index contributed by atoms with van der Waals surface area (Å²) in [5.74, 6) is 1.14. The van der Waals surface area contributed by atoms with Crippen LogP contribution in [0.15, 0.2) is 12.1 Å². The average Bonchev–Trinajstić information content (AvgIpc) is 2.12. The lowest BCUT2D eigenvalue weighted by molar-refractivity contribution is 0.191. The molecule has 1 aliphatic rings. The van der Waals surface area contributed by atoms with E-state index in [1.54, 1.807) is 0 Å². The van der Waals surface area contributed by atoms with Crippen LogP contribution >= 0.6 is 0 Å². The zero-order valence-corrected chi connectivity index (χ0v) is 8.55. The van der Waals surface area contributed by atoms with Gasteiger partial charge in [0, 0.05) is 0 Å². The van der Waals surface area contributed by atoms with Gasteiger partial charge < -0.3 is 4.74 Å². The number of aryl methyl sites for hydroxylation is 2. The summed E-state index contributed by atoms with van der Waals surface area (Å²) in [5, 5.41) is 0. The van der Waals surface area contributed by atoms with Gasteiger partial charge in [0.15, 0.2) is 0 Å². The van der Waals surface area contributed by atoms with Crippen LogP contribution in [0.5, 0.6) is 5.75 Å². The lowest BCUT2D eigenvalue weighted by Crippen LogP contribution is -2.19. The first-order chi connectivity index (χ1) is 6.18. The van der Waals surface area contributed by atoms with Gasteiger partial charge in [0.05, 0.1) is 6.10 Å². The van der Waals surface area contributed by atoms with Crippen LogP contribution in [0, 0.1) is 13.8 Å². The van der Waals surface area contributed by atoms with E-state index in [9.17, 15) is 0 Å². The molecule has 1 aromatic rings. The second-order valence-electron chi connectivity index (χ2n) is 3.96. The molecule has 0 bridgehead atoms. The quantitative estimate of drug-likeness (QED) is 0.590. The van der Waals surface area contributed by atoms with Crippen LogP contribution in [0.4, 0.5) is 0 Å². The van der Waals surface area contributed by atoms with Crippen molar-refractivity contribution in [3.63, 3.8) is 0 Å². The number of rotatable bonds is 0. The first-order valence-corrected chi connectivity index (χ1v) is 4.94. The number of ether oxygens (including phenoxy) is 1. The first kappa shape index (κ1) is 8.61. The maximum Gasteiger partial charge on any atom is 0.126 e. The Labute approximate surface area is 79.7 Å². The van der Waals surface area contributed by atoms with Crippen LogP contribution in [0.1, 0.15) is 30.0 Å². The number of benzene rings is 1. The van der Waals surface area contributed by atoms with E-state index in [-0.39, 0.29) is 0 Å². The third-order valence-electron chi connectivity index (χ3n) is 2.90. The van der Waals surface area contributed by atoms with E-state index in [1.165, 1.54) is 16.7 Å². The molecule has 1 nitrogen and oxygen atoms in total. The van der Waals surface area contributed by atoms with Crippen LogP contribution in [-0.2, 0) is 6.42 Å². The Kier molecular flexibility index (Phi) is 2.03. The van der Waals surface area contributed by atoms with Crippen molar-refractivity contribution in [1.82, 2.24) is 0 Å². The molecule has 2 rings (SSSR count). The Morgan fingerprint density at radius 2 is 2.08 bits per heavy atom. The minimum absolute atomic E-state index is 0.382. The third kappa shape index (κ3) is 1.43. The highest BCUT2D eigenvalue weighted by atomic mass is 16.5. The molecule has 13 heavy (non-hydrogen) atoms. The van der Waals surface area contributed by atoms with Gasteiger partial charge in [0.25, 0.3) is 0 Å². The van der Waals surface area contributed by atoms with Crippen molar-refractivity contribution < 1.29 is 4.74 Å². The summed E-state index contributed by atoms with van der Waals surface area (Å²) in [6.07, 6.45) is 2.70. The van der Waals surface area contributed by atoms with Gasteiger partial charge in [0.1, 0.15) is 5.75 Å². The summed E-state index contributed by atoms with van der Waals surface area (Å²) >= 11 is 0. The van der Waals surface area contributed by atoms with E-state index >= 15 is 0 Å². The molecular formula is C12H16O. The molecule has 0 aliphatic carbocycles. The molecule has 1 unspecified atom stereocenters. The van der Waals surface area contributed by atoms with Gasteiger partial charge in [0.2, 0.25) is 0 Å². The average molecular weight is 176 g/mol. The molecule has 1 aromatic carbocycles. The van der Waals surface area contributed by atoms with Crippen molar-refractivity contribution in [2.45, 2.75) is 39.7 Å². The Balaban J connectivity index is 2.48. The van der Waals surface area contributed by atoms with E-state index in [0.717, 1.165) is 18.6 Å². The standard InChI is InChI=1S/C12H16O/c1-8-4-6-11-7-5-9(2)13-12(11)10(8)3/h4,6,9H,5,7H2,1-3H3. The number of hydrogen-bond acceptors (Lipinski definition) is 1. The third-order valence-corrected chi connectivity index (χ3v) is 2.90. The first-order valence-electron chi connectivity index (χ1n) is 4.94. The fourth-order valence-electron chi connectivity index (χ4n) is 1.83. The maximum atomic E-state index is 5.84. The van der Waals surface area contributed by atoms with Crippen LogP contribution in [-0.4, -0.2) is 6.10 Å². The summed E-state index contributed by atoms with van der Waals surface area (Å²) in [6.45, 7) is 6.43. The molecule has 0 saturated heterocycles. The molecule has 0 amide bonds. The second-order valence-corrected chi connectivity index (χ2v) is 3.96. The van der Waals surface area contributed by atoms with Gasteiger partial charge >= 0.3 is 0 Å². The van der Waals surface area contributed by atoms with E-state index < -0.39 is 0 Å². The Hall–Kier alpha value is -0.980. The smallest absolute Gasteiger partial charge is 0.126 e. The molecule has 1 heteroatoms. The highest BCUT2D eigenvalue weighted by molar-refractivity contribution is 5.46. The lowest BCUT2D eigenvalue weighted by atomic mass is 9.97. The van der Waals surface area contributed by atoms with Gasteiger partial charge in [-0.15, -0.1) is 0 Å². The predicted octanol–water partition coefficient (Wildman–Crippen LogP) is 3.02. The van der Waals surface area contributed by atoms with Gasteiger partial charge in [-0.3, -0.25) is 0 Å². The van der Waals surface area contributed by atoms with Crippen LogP contribution in [0.25, 0.3) is 0 Å². The fraction of sp³-hybridized carbons (Fsp3) is 0.500. The highest BCUT2D eigenvalue weighted by Crippen LogP contribution is 2.32. The van der Waals surface area contributed by atoms with E-state index in [4.69, 9.17) is 4.74 Å². The van der Waals surface area contributed by atoms with Crippen molar-refractivity contribution in [2.75, 3.05) is 0 Å². The summed E-state index contributed by atoms with van der Waals surface area (Å²) in [5.41, 5.74) is 4.01. The van der Waals surface area contributed by atoms with Crippen LogP contribution < -0.4 is 4.74 Å².